The molecule has 1 aromatic heterocycles. The van der Waals surface area contributed by atoms with Crippen LogP contribution in [-0.2, 0) is 24.4 Å². The lowest BCUT2D eigenvalue weighted by Crippen LogP contribution is -2.42. The third-order valence-electron chi connectivity index (χ3n) is 4.66. The number of hydrogen-bond acceptors (Lipinski definition) is 2. The molecule has 0 aliphatic carbocycles. The Kier molecular flexibility index (Phi) is 5.70. The van der Waals surface area contributed by atoms with Crippen LogP contribution in [0.15, 0.2) is 48.8 Å². The van der Waals surface area contributed by atoms with Crippen molar-refractivity contribution < 1.29 is 4.79 Å². The quantitative estimate of drug-likeness (QED) is 0.849. The van der Waals surface area contributed by atoms with Crippen LogP contribution in [0.25, 0.3) is 0 Å². The molecule has 128 valence electrons. The summed E-state index contributed by atoms with van der Waals surface area (Å²) in [4.78, 5) is 14.9. The van der Waals surface area contributed by atoms with Gasteiger partial charge in [0.1, 0.15) is 0 Å². The zero-order valence-corrected chi connectivity index (χ0v) is 14.4. The highest BCUT2D eigenvalue weighted by molar-refractivity contribution is 5.82. The van der Waals surface area contributed by atoms with Crippen LogP contribution in [0.2, 0.25) is 0 Å². The maximum atomic E-state index is 12.6. The number of aromatic nitrogens is 1. The number of carbonyl (C=O) groups is 1. The molecule has 4 heteroatoms. The number of nitrogens with zero attached hydrogens (tertiary/aromatic N) is 2. The molecule has 24 heavy (non-hydrogen) atoms. The van der Waals surface area contributed by atoms with Gasteiger partial charge in [0, 0.05) is 32.0 Å². The lowest BCUT2D eigenvalue weighted by Gasteiger charge is -2.23. The van der Waals surface area contributed by atoms with E-state index in [4.69, 9.17) is 0 Å². The molecule has 2 heterocycles. The van der Waals surface area contributed by atoms with Crippen molar-refractivity contribution in [2.45, 2.75) is 51.9 Å². The molecule has 0 unspecified atom stereocenters. The Morgan fingerprint density at radius 2 is 2.04 bits per heavy atom. The van der Waals surface area contributed by atoms with Crippen LogP contribution in [0.3, 0.4) is 0 Å². The predicted octanol–water partition coefficient (Wildman–Crippen LogP) is 3.18. The Morgan fingerprint density at radius 1 is 1.21 bits per heavy atom. The van der Waals surface area contributed by atoms with Gasteiger partial charge >= 0.3 is 0 Å². The minimum atomic E-state index is 0.00272. The molecule has 1 fully saturated rings. The van der Waals surface area contributed by atoms with Gasteiger partial charge in [-0.25, -0.2) is 0 Å². The molecule has 1 saturated heterocycles. The second-order valence-electron chi connectivity index (χ2n) is 6.59. The number of rotatable bonds is 7. The van der Waals surface area contributed by atoms with E-state index in [-0.39, 0.29) is 11.9 Å². The van der Waals surface area contributed by atoms with Gasteiger partial charge in [-0.1, -0.05) is 37.3 Å². The fourth-order valence-corrected chi connectivity index (χ4v) is 3.43. The molecule has 1 aliphatic rings. The zero-order chi connectivity index (χ0) is 16.8. The Balaban J connectivity index is 1.53. The first kappa shape index (κ1) is 16.8. The summed E-state index contributed by atoms with van der Waals surface area (Å²) in [7, 11) is 0. The molecule has 0 bridgehead atoms. The van der Waals surface area contributed by atoms with Crippen molar-refractivity contribution in [2.75, 3.05) is 6.54 Å². The molecule has 2 aromatic rings. The average Bonchev–Trinajstić information content (AvgIpc) is 3.23. The topological polar surface area (TPSA) is 37.3 Å². The highest BCUT2D eigenvalue weighted by Gasteiger charge is 2.30. The van der Waals surface area contributed by atoms with Crippen LogP contribution in [0.1, 0.15) is 37.3 Å². The molecule has 1 aliphatic heterocycles. The first-order valence-electron chi connectivity index (χ1n) is 8.96. The zero-order valence-electron chi connectivity index (χ0n) is 14.4. The van der Waals surface area contributed by atoms with Gasteiger partial charge < -0.3 is 9.88 Å². The van der Waals surface area contributed by atoms with Crippen molar-refractivity contribution in [3.63, 3.8) is 0 Å². The summed E-state index contributed by atoms with van der Waals surface area (Å²) in [6, 6.07) is 12.5. The van der Waals surface area contributed by atoms with Gasteiger partial charge in [-0.05, 0) is 43.0 Å². The predicted molar refractivity (Wildman–Crippen MR) is 96.4 cm³/mol. The van der Waals surface area contributed by atoms with E-state index in [1.165, 1.54) is 11.1 Å². The second-order valence-corrected chi connectivity index (χ2v) is 6.59. The lowest BCUT2D eigenvalue weighted by atomic mass is 10.1. The van der Waals surface area contributed by atoms with Gasteiger partial charge in [-0.3, -0.25) is 9.69 Å². The Hall–Kier alpha value is -2.07. The number of hydrogen-bond donors (Lipinski definition) is 1. The summed E-state index contributed by atoms with van der Waals surface area (Å²) in [5.74, 6) is 0.159. The van der Waals surface area contributed by atoms with Crippen molar-refractivity contribution in [3.05, 3.63) is 59.9 Å². The number of aryl methyl sites for hydroxylation is 1. The fourth-order valence-electron chi connectivity index (χ4n) is 3.43. The largest absolute Gasteiger partial charge is 0.354 e. The normalized spacial score (nSPS) is 18.0. The molecule has 0 spiro atoms. The Labute approximate surface area is 144 Å². The van der Waals surface area contributed by atoms with Crippen molar-refractivity contribution in [1.29, 1.82) is 0 Å². The van der Waals surface area contributed by atoms with Crippen LogP contribution < -0.4 is 5.32 Å². The van der Waals surface area contributed by atoms with Gasteiger partial charge in [0.25, 0.3) is 0 Å². The summed E-state index contributed by atoms with van der Waals surface area (Å²) in [6.45, 7) is 5.67. The maximum absolute atomic E-state index is 12.6. The molecule has 1 amide bonds. The Bertz CT molecular complexity index is 650. The van der Waals surface area contributed by atoms with E-state index in [0.29, 0.717) is 6.54 Å². The minimum absolute atomic E-state index is 0.00272. The minimum Gasteiger partial charge on any atom is -0.354 e. The van der Waals surface area contributed by atoms with E-state index >= 15 is 0 Å². The van der Waals surface area contributed by atoms with Crippen LogP contribution in [0.5, 0.6) is 0 Å². The average molecular weight is 325 g/mol. The number of nitrogens with one attached hydrogen (secondary N) is 1. The first-order valence-corrected chi connectivity index (χ1v) is 8.96. The van der Waals surface area contributed by atoms with Gasteiger partial charge in [-0.2, -0.15) is 0 Å². The van der Waals surface area contributed by atoms with E-state index in [1.807, 2.05) is 6.07 Å². The van der Waals surface area contributed by atoms with Gasteiger partial charge in [0.05, 0.1) is 6.04 Å². The SMILES string of the molecule is CCCn1ccc(CNC(=O)[C@@H]2CCCN2Cc2ccccc2)c1. The summed E-state index contributed by atoms with van der Waals surface area (Å²) in [6.07, 6.45) is 7.38. The lowest BCUT2D eigenvalue weighted by molar-refractivity contribution is -0.125. The third kappa shape index (κ3) is 4.26. The molecule has 1 aromatic carbocycles. The van der Waals surface area contributed by atoms with Gasteiger partial charge in [0.2, 0.25) is 5.91 Å². The molecule has 3 rings (SSSR count). The van der Waals surface area contributed by atoms with E-state index in [0.717, 1.165) is 38.9 Å². The second kappa shape index (κ2) is 8.15. The van der Waals surface area contributed by atoms with Crippen LogP contribution in [-0.4, -0.2) is 28.0 Å². The van der Waals surface area contributed by atoms with Crippen LogP contribution in [0.4, 0.5) is 0 Å². The summed E-state index contributed by atoms with van der Waals surface area (Å²) < 4.78 is 2.18. The number of amides is 1. The molecule has 0 saturated carbocycles. The van der Waals surface area contributed by atoms with Gasteiger partial charge in [0.15, 0.2) is 0 Å². The summed E-state index contributed by atoms with van der Waals surface area (Å²) in [5, 5.41) is 3.12. The summed E-state index contributed by atoms with van der Waals surface area (Å²) in [5.41, 5.74) is 2.44. The maximum Gasteiger partial charge on any atom is 0.237 e. The van der Waals surface area contributed by atoms with E-state index in [1.54, 1.807) is 0 Å². The molecular weight excluding hydrogens is 298 g/mol. The summed E-state index contributed by atoms with van der Waals surface area (Å²) >= 11 is 0. The molecule has 4 nitrogen and oxygen atoms in total. The first-order chi connectivity index (χ1) is 11.8. The van der Waals surface area contributed by atoms with E-state index < -0.39 is 0 Å². The van der Waals surface area contributed by atoms with E-state index in [2.05, 4.69) is 64.4 Å². The van der Waals surface area contributed by atoms with E-state index in [9.17, 15) is 4.79 Å². The van der Waals surface area contributed by atoms with Crippen molar-refractivity contribution in [2.24, 2.45) is 0 Å². The molecule has 0 radical (unpaired) electrons. The van der Waals surface area contributed by atoms with Crippen molar-refractivity contribution in [1.82, 2.24) is 14.8 Å². The smallest absolute Gasteiger partial charge is 0.237 e. The Morgan fingerprint density at radius 3 is 2.83 bits per heavy atom. The van der Waals surface area contributed by atoms with Crippen molar-refractivity contribution in [3.8, 4) is 0 Å². The van der Waals surface area contributed by atoms with Crippen LogP contribution >= 0.6 is 0 Å². The molecule has 1 atom stereocenters. The monoisotopic (exact) mass is 325 g/mol. The number of benzene rings is 1. The highest BCUT2D eigenvalue weighted by atomic mass is 16.2. The van der Waals surface area contributed by atoms with Crippen molar-refractivity contribution >= 4 is 5.91 Å². The number of likely N-dealkylation sites (tertiary alicyclic amines) is 1. The molecule has 1 N–H and O–H groups in total. The standard InChI is InChI=1S/C20H27N3O/c1-2-11-22-13-10-18(15-22)14-21-20(24)19-9-6-12-23(19)16-17-7-4-3-5-8-17/h3-5,7-8,10,13,15,19H,2,6,9,11-12,14,16H2,1H3,(H,21,24)/t19-/m0/s1. The molecular formula is C20H27N3O. The van der Waals surface area contributed by atoms with Gasteiger partial charge in [-0.15, -0.1) is 0 Å². The third-order valence-corrected chi connectivity index (χ3v) is 4.66. The number of carbonyl (C=O) groups excluding carboxylic acids is 1. The highest BCUT2D eigenvalue weighted by Crippen LogP contribution is 2.20. The fraction of sp³-hybridized carbons (Fsp3) is 0.450. The van der Waals surface area contributed by atoms with Crippen LogP contribution in [0, 0.1) is 0 Å².